The molecule has 1 heterocycles. The molecule has 22 heavy (non-hydrogen) atoms. The lowest BCUT2D eigenvalue weighted by Gasteiger charge is -2.20. The Bertz CT molecular complexity index is 624. The van der Waals surface area contributed by atoms with Crippen LogP contribution in [-0.4, -0.2) is 40.6 Å². The quantitative estimate of drug-likeness (QED) is 0.850. The largest absolute Gasteiger partial charge is 0.494 e. The Labute approximate surface area is 129 Å². The van der Waals surface area contributed by atoms with Gasteiger partial charge in [0.25, 0.3) is 5.91 Å². The summed E-state index contributed by atoms with van der Waals surface area (Å²) in [4.78, 5) is 12.3. The molecule has 0 fully saturated rings. The fraction of sp³-hybridized carbons (Fsp3) is 0.375. The van der Waals surface area contributed by atoms with Crippen LogP contribution in [0.25, 0.3) is 5.69 Å². The number of aliphatic hydroxyl groups excluding tert-OH is 1. The monoisotopic (exact) mass is 303 g/mol. The highest BCUT2D eigenvalue weighted by Crippen LogP contribution is 2.23. The number of amides is 1. The number of nitrogens with zero attached hydrogens (tertiary/aromatic N) is 2. The summed E-state index contributed by atoms with van der Waals surface area (Å²) < 4.78 is 6.95. The van der Waals surface area contributed by atoms with Crippen molar-refractivity contribution in [1.82, 2.24) is 15.1 Å². The number of carbonyl (C=O) groups excluding carboxylic acids is 1. The fourth-order valence-electron chi connectivity index (χ4n) is 2.10. The number of hydrogen-bond donors (Lipinski definition) is 2. The van der Waals surface area contributed by atoms with Gasteiger partial charge in [0.05, 0.1) is 19.8 Å². The molecule has 0 radical (unpaired) electrons. The maximum atomic E-state index is 12.3. The zero-order valence-corrected chi connectivity index (χ0v) is 13.0. The van der Waals surface area contributed by atoms with E-state index in [9.17, 15) is 9.90 Å². The average molecular weight is 303 g/mol. The smallest absolute Gasteiger partial charge is 0.251 e. The lowest BCUT2D eigenvalue weighted by atomic mass is 10.0. The summed E-state index contributed by atoms with van der Waals surface area (Å²) in [5.74, 6) is 0.546. The first-order valence-electron chi connectivity index (χ1n) is 7.16. The van der Waals surface area contributed by atoms with Gasteiger partial charge in [-0.05, 0) is 30.2 Å². The molecular formula is C16H21N3O3. The number of hydrogen-bond acceptors (Lipinski definition) is 4. The average Bonchev–Trinajstić information content (AvgIpc) is 3.05. The van der Waals surface area contributed by atoms with Crippen LogP contribution in [0.4, 0.5) is 0 Å². The summed E-state index contributed by atoms with van der Waals surface area (Å²) in [6.07, 6.45) is 3.44. The minimum Gasteiger partial charge on any atom is -0.494 e. The third-order valence-corrected chi connectivity index (χ3v) is 3.51. The third-order valence-electron chi connectivity index (χ3n) is 3.51. The second-order valence-corrected chi connectivity index (χ2v) is 5.34. The van der Waals surface area contributed by atoms with Crippen LogP contribution < -0.4 is 10.1 Å². The van der Waals surface area contributed by atoms with Crippen molar-refractivity contribution in [2.75, 3.05) is 13.7 Å². The van der Waals surface area contributed by atoms with Gasteiger partial charge in [0.1, 0.15) is 11.4 Å². The second-order valence-electron chi connectivity index (χ2n) is 5.34. The number of rotatable bonds is 6. The maximum Gasteiger partial charge on any atom is 0.251 e. The molecule has 6 nitrogen and oxygen atoms in total. The molecule has 0 aliphatic rings. The number of ether oxygens (including phenoxy) is 1. The van der Waals surface area contributed by atoms with Gasteiger partial charge in [0, 0.05) is 18.0 Å². The number of carbonyl (C=O) groups is 1. The minimum absolute atomic E-state index is 0.0917. The first-order valence-corrected chi connectivity index (χ1v) is 7.16. The van der Waals surface area contributed by atoms with Crippen molar-refractivity contribution >= 4 is 5.91 Å². The standard InChI is InChI=1S/C16H21N3O3/c1-11(2)13(10-20)18-16(21)12-5-6-15(22-3)14(9-12)19-8-4-7-17-19/h4-9,11,13,20H,10H2,1-3H3,(H,18,21)/t13-/m1/s1. The van der Waals surface area contributed by atoms with E-state index in [1.54, 1.807) is 48.5 Å². The first kappa shape index (κ1) is 16.0. The van der Waals surface area contributed by atoms with Crippen molar-refractivity contribution in [2.45, 2.75) is 19.9 Å². The zero-order valence-electron chi connectivity index (χ0n) is 13.0. The van der Waals surface area contributed by atoms with Gasteiger partial charge in [-0.1, -0.05) is 13.8 Å². The van der Waals surface area contributed by atoms with Crippen molar-refractivity contribution in [2.24, 2.45) is 5.92 Å². The summed E-state index contributed by atoms with van der Waals surface area (Å²) in [7, 11) is 1.57. The van der Waals surface area contributed by atoms with Crippen LogP contribution in [0.5, 0.6) is 5.75 Å². The predicted molar refractivity (Wildman–Crippen MR) is 83.3 cm³/mol. The van der Waals surface area contributed by atoms with E-state index in [-0.39, 0.29) is 24.5 Å². The molecule has 2 N–H and O–H groups in total. The van der Waals surface area contributed by atoms with Gasteiger partial charge in [0.15, 0.2) is 0 Å². The van der Waals surface area contributed by atoms with Gasteiger partial charge in [-0.2, -0.15) is 5.10 Å². The summed E-state index contributed by atoms with van der Waals surface area (Å²) in [6, 6.07) is 6.66. The molecule has 2 aromatic rings. The van der Waals surface area contributed by atoms with E-state index < -0.39 is 0 Å². The number of aromatic nitrogens is 2. The van der Waals surface area contributed by atoms with Gasteiger partial charge in [-0.3, -0.25) is 4.79 Å². The van der Waals surface area contributed by atoms with Crippen LogP contribution in [-0.2, 0) is 0 Å². The summed E-state index contributed by atoms with van der Waals surface area (Å²) in [5.41, 5.74) is 1.18. The lowest BCUT2D eigenvalue weighted by Crippen LogP contribution is -2.41. The predicted octanol–water partition coefficient (Wildman–Crippen LogP) is 1.63. The second kappa shape index (κ2) is 7.09. The highest BCUT2D eigenvalue weighted by Gasteiger charge is 2.17. The molecule has 2 rings (SSSR count). The number of benzene rings is 1. The van der Waals surface area contributed by atoms with E-state index in [1.807, 2.05) is 13.8 Å². The molecule has 0 saturated heterocycles. The SMILES string of the molecule is COc1ccc(C(=O)N[C@H](CO)C(C)C)cc1-n1cccn1. The summed E-state index contributed by atoms with van der Waals surface area (Å²) in [5, 5.41) is 16.3. The van der Waals surface area contributed by atoms with E-state index in [0.717, 1.165) is 0 Å². The van der Waals surface area contributed by atoms with Crippen LogP contribution in [0.15, 0.2) is 36.7 Å². The summed E-state index contributed by atoms with van der Waals surface area (Å²) in [6.45, 7) is 3.81. The highest BCUT2D eigenvalue weighted by atomic mass is 16.5. The zero-order chi connectivity index (χ0) is 16.1. The fourth-order valence-corrected chi connectivity index (χ4v) is 2.10. The molecule has 0 spiro atoms. The minimum atomic E-state index is -0.275. The van der Waals surface area contributed by atoms with Gasteiger partial charge in [-0.25, -0.2) is 4.68 Å². The van der Waals surface area contributed by atoms with Gasteiger partial charge in [0.2, 0.25) is 0 Å². The molecule has 1 amide bonds. The Morgan fingerprint density at radius 3 is 2.77 bits per heavy atom. The molecule has 0 saturated carbocycles. The van der Waals surface area contributed by atoms with E-state index in [2.05, 4.69) is 10.4 Å². The van der Waals surface area contributed by atoms with Crippen LogP contribution in [0.3, 0.4) is 0 Å². The van der Waals surface area contributed by atoms with Crippen molar-refractivity contribution < 1.29 is 14.6 Å². The Morgan fingerprint density at radius 2 is 2.23 bits per heavy atom. The van der Waals surface area contributed by atoms with E-state index >= 15 is 0 Å². The van der Waals surface area contributed by atoms with E-state index in [4.69, 9.17) is 4.74 Å². The van der Waals surface area contributed by atoms with Crippen molar-refractivity contribution in [3.05, 3.63) is 42.2 Å². The van der Waals surface area contributed by atoms with Crippen molar-refractivity contribution in [3.8, 4) is 11.4 Å². The number of nitrogens with one attached hydrogen (secondary N) is 1. The van der Waals surface area contributed by atoms with Gasteiger partial charge < -0.3 is 15.2 Å². The topological polar surface area (TPSA) is 76.4 Å². The molecule has 1 atom stereocenters. The summed E-state index contributed by atoms with van der Waals surface area (Å²) >= 11 is 0. The Kier molecular flexibility index (Phi) is 5.16. The molecular weight excluding hydrogens is 282 g/mol. The van der Waals surface area contributed by atoms with E-state index in [0.29, 0.717) is 17.0 Å². The van der Waals surface area contributed by atoms with Crippen LogP contribution in [0, 0.1) is 5.92 Å². The first-order chi connectivity index (χ1) is 10.6. The van der Waals surface area contributed by atoms with Crippen LogP contribution in [0.1, 0.15) is 24.2 Å². The number of aliphatic hydroxyl groups is 1. The Hall–Kier alpha value is -2.34. The van der Waals surface area contributed by atoms with Gasteiger partial charge >= 0.3 is 0 Å². The molecule has 0 aliphatic carbocycles. The molecule has 0 aliphatic heterocycles. The van der Waals surface area contributed by atoms with Crippen molar-refractivity contribution in [1.29, 1.82) is 0 Å². The number of methoxy groups -OCH3 is 1. The normalized spacial score (nSPS) is 12.2. The third kappa shape index (κ3) is 3.46. The molecule has 1 aromatic heterocycles. The molecule has 0 bridgehead atoms. The van der Waals surface area contributed by atoms with E-state index in [1.165, 1.54) is 0 Å². The molecule has 6 heteroatoms. The van der Waals surface area contributed by atoms with Crippen LogP contribution >= 0.6 is 0 Å². The van der Waals surface area contributed by atoms with Crippen LogP contribution in [0.2, 0.25) is 0 Å². The molecule has 0 unspecified atom stereocenters. The lowest BCUT2D eigenvalue weighted by molar-refractivity contribution is 0.0897. The molecule has 118 valence electrons. The molecule has 1 aromatic carbocycles. The van der Waals surface area contributed by atoms with Gasteiger partial charge in [-0.15, -0.1) is 0 Å². The maximum absolute atomic E-state index is 12.3. The Balaban J connectivity index is 2.29. The van der Waals surface area contributed by atoms with Crippen molar-refractivity contribution in [3.63, 3.8) is 0 Å². The Morgan fingerprint density at radius 1 is 1.45 bits per heavy atom. The highest BCUT2D eigenvalue weighted by molar-refractivity contribution is 5.95.